The molecular formula is C8H9Cl2FN2. The largest absolute Gasteiger partial charge is 0.330 e. The molecule has 1 aromatic heterocycles. The number of pyridine rings is 1. The van der Waals surface area contributed by atoms with Gasteiger partial charge in [-0.15, -0.1) is 0 Å². The fraction of sp³-hybridized carbons (Fsp3) is 0.375. The van der Waals surface area contributed by atoms with Gasteiger partial charge in [-0.3, -0.25) is 0 Å². The highest BCUT2D eigenvalue weighted by Gasteiger charge is 2.10. The molecule has 2 N–H and O–H groups in total. The van der Waals surface area contributed by atoms with Crippen molar-refractivity contribution in [1.82, 2.24) is 4.98 Å². The van der Waals surface area contributed by atoms with E-state index in [9.17, 15) is 4.39 Å². The first-order valence-electron chi connectivity index (χ1n) is 3.80. The molecule has 0 aliphatic rings. The lowest BCUT2D eigenvalue weighted by atomic mass is 10.1. The fourth-order valence-electron chi connectivity index (χ4n) is 0.920. The van der Waals surface area contributed by atoms with Crippen molar-refractivity contribution in [2.75, 3.05) is 6.54 Å². The number of hydrogen-bond acceptors (Lipinski definition) is 2. The smallest absolute Gasteiger partial charge is 0.147 e. The monoisotopic (exact) mass is 222 g/mol. The zero-order chi connectivity index (χ0) is 9.84. The molecule has 0 radical (unpaired) electrons. The van der Waals surface area contributed by atoms with Crippen molar-refractivity contribution in [2.45, 2.75) is 12.6 Å². The second-order valence-electron chi connectivity index (χ2n) is 2.59. The number of nitrogens with zero attached hydrogens (tertiary/aromatic N) is 1. The Kier molecular flexibility index (Phi) is 3.90. The minimum Gasteiger partial charge on any atom is -0.330 e. The van der Waals surface area contributed by atoms with Crippen LogP contribution >= 0.6 is 23.2 Å². The first-order chi connectivity index (χ1) is 6.15. The standard InChI is InChI=1S/C8H9Cl2FN2/c9-6-3-5(4-13-8(6)10)7(11)1-2-12/h3-4,7H,1-2,12H2. The number of hydrogen-bond donors (Lipinski definition) is 1. The van der Waals surface area contributed by atoms with Crippen LogP contribution in [0.1, 0.15) is 18.2 Å². The van der Waals surface area contributed by atoms with Crippen molar-refractivity contribution in [2.24, 2.45) is 5.73 Å². The normalized spacial score (nSPS) is 12.9. The maximum absolute atomic E-state index is 13.2. The predicted molar refractivity (Wildman–Crippen MR) is 51.8 cm³/mol. The Morgan fingerprint density at radius 2 is 2.23 bits per heavy atom. The number of nitrogens with two attached hydrogens (primary N) is 1. The van der Waals surface area contributed by atoms with Gasteiger partial charge in [-0.05, 0) is 19.0 Å². The van der Waals surface area contributed by atoms with E-state index in [0.717, 1.165) is 0 Å². The van der Waals surface area contributed by atoms with Crippen LogP contribution in [-0.2, 0) is 0 Å². The molecule has 1 rings (SSSR count). The molecule has 0 aromatic carbocycles. The highest BCUT2D eigenvalue weighted by molar-refractivity contribution is 6.41. The zero-order valence-electron chi connectivity index (χ0n) is 6.80. The van der Waals surface area contributed by atoms with Crippen LogP contribution in [0.5, 0.6) is 0 Å². The van der Waals surface area contributed by atoms with Crippen molar-refractivity contribution in [3.8, 4) is 0 Å². The van der Waals surface area contributed by atoms with Crippen LogP contribution in [0.15, 0.2) is 12.3 Å². The highest BCUT2D eigenvalue weighted by atomic mass is 35.5. The Balaban J connectivity index is 2.84. The minimum atomic E-state index is -1.12. The van der Waals surface area contributed by atoms with Crippen molar-refractivity contribution in [1.29, 1.82) is 0 Å². The average molecular weight is 223 g/mol. The molecule has 0 spiro atoms. The Labute approximate surface area is 85.9 Å². The lowest BCUT2D eigenvalue weighted by molar-refractivity contribution is 0.327. The summed E-state index contributed by atoms with van der Waals surface area (Å²) in [4.78, 5) is 3.73. The van der Waals surface area contributed by atoms with Crippen LogP contribution in [0.2, 0.25) is 10.2 Å². The number of rotatable bonds is 3. The summed E-state index contributed by atoms with van der Waals surface area (Å²) in [5, 5.41) is 0.448. The van der Waals surface area contributed by atoms with Crippen molar-refractivity contribution >= 4 is 23.2 Å². The molecular weight excluding hydrogens is 214 g/mol. The molecule has 1 unspecified atom stereocenters. The highest BCUT2D eigenvalue weighted by Crippen LogP contribution is 2.26. The van der Waals surface area contributed by atoms with Crippen LogP contribution in [0.4, 0.5) is 4.39 Å². The molecule has 1 aromatic rings. The third-order valence-electron chi connectivity index (χ3n) is 1.60. The molecule has 0 bridgehead atoms. The maximum atomic E-state index is 13.2. The molecule has 0 amide bonds. The van der Waals surface area contributed by atoms with Gasteiger partial charge in [0.2, 0.25) is 0 Å². The first-order valence-corrected chi connectivity index (χ1v) is 4.56. The molecule has 5 heteroatoms. The first kappa shape index (κ1) is 10.7. The molecule has 0 aliphatic heterocycles. The van der Waals surface area contributed by atoms with Gasteiger partial charge in [-0.2, -0.15) is 0 Å². The SMILES string of the molecule is NCCC(F)c1cnc(Cl)c(Cl)c1. The third kappa shape index (κ3) is 2.79. The van der Waals surface area contributed by atoms with Crippen LogP contribution in [0.25, 0.3) is 0 Å². The van der Waals surface area contributed by atoms with Gasteiger partial charge < -0.3 is 5.73 Å². The summed E-state index contributed by atoms with van der Waals surface area (Å²) in [7, 11) is 0. The zero-order valence-corrected chi connectivity index (χ0v) is 8.32. The molecule has 72 valence electrons. The van der Waals surface area contributed by atoms with Gasteiger partial charge in [-0.25, -0.2) is 9.37 Å². The number of halogens is 3. The van der Waals surface area contributed by atoms with E-state index in [2.05, 4.69) is 4.98 Å². The molecule has 0 saturated carbocycles. The van der Waals surface area contributed by atoms with E-state index in [0.29, 0.717) is 12.1 Å². The van der Waals surface area contributed by atoms with Crippen molar-refractivity contribution in [3.63, 3.8) is 0 Å². The van der Waals surface area contributed by atoms with Crippen molar-refractivity contribution < 1.29 is 4.39 Å². The van der Waals surface area contributed by atoms with Crippen LogP contribution in [-0.4, -0.2) is 11.5 Å². The van der Waals surface area contributed by atoms with E-state index in [1.165, 1.54) is 12.3 Å². The van der Waals surface area contributed by atoms with Crippen LogP contribution in [0, 0.1) is 0 Å². The lowest BCUT2D eigenvalue weighted by Gasteiger charge is -2.06. The Morgan fingerprint density at radius 3 is 2.77 bits per heavy atom. The number of aromatic nitrogens is 1. The summed E-state index contributed by atoms with van der Waals surface area (Å²) in [6.45, 7) is 0.293. The molecule has 0 aliphatic carbocycles. The Hall–Kier alpha value is -0.380. The van der Waals surface area contributed by atoms with E-state index >= 15 is 0 Å². The third-order valence-corrected chi connectivity index (χ3v) is 2.29. The van der Waals surface area contributed by atoms with E-state index in [1.54, 1.807) is 0 Å². The molecule has 1 atom stereocenters. The fourth-order valence-corrected chi connectivity index (χ4v) is 1.20. The van der Waals surface area contributed by atoms with Gasteiger partial charge >= 0.3 is 0 Å². The molecule has 1 heterocycles. The second kappa shape index (κ2) is 4.74. The quantitative estimate of drug-likeness (QED) is 0.800. The minimum absolute atomic E-state index is 0.186. The van der Waals surface area contributed by atoms with Crippen LogP contribution < -0.4 is 5.73 Å². The number of alkyl halides is 1. The summed E-state index contributed by atoms with van der Waals surface area (Å²) in [6, 6.07) is 1.47. The van der Waals surface area contributed by atoms with Gasteiger partial charge in [-0.1, -0.05) is 23.2 Å². The maximum Gasteiger partial charge on any atom is 0.147 e. The van der Waals surface area contributed by atoms with Gasteiger partial charge in [0.25, 0.3) is 0 Å². The van der Waals surface area contributed by atoms with E-state index in [-0.39, 0.29) is 16.6 Å². The predicted octanol–water partition coefficient (Wildman–Crippen LogP) is 2.75. The Bertz CT molecular complexity index is 293. The Morgan fingerprint density at radius 1 is 1.54 bits per heavy atom. The van der Waals surface area contributed by atoms with E-state index < -0.39 is 6.17 Å². The van der Waals surface area contributed by atoms with E-state index in [4.69, 9.17) is 28.9 Å². The topological polar surface area (TPSA) is 38.9 Å². The van der Waals surface area contributed by atoms with Gasteiger partial charge in [0.15, 0.2) is 0 Å². The molecule has 0 fully saturated rings. The van der Waals surface area contributed by atoms with Gasteiger partial charge in [0.1, 0.15) is 11.3 Å². The summed E-state index contributed by atoms with van der Waals surface area (Å²) in [6.07, 6.45) is 0.515. The summed E-state index contributed by atoms with van der Waals surface area (Å²) >= 11 is 11.2. The van der Waals surface area contributed by atoms with Crippen LogP contribution in [0.3, 0.4) is 0 Å². The van der Waals surface area contributed by atoms with Gasteiger partial charge in [0, 0.05) is 11.8 Å². The lowest BCUT2D eigenvalue weighted by Crippen LogP contribution is -2.03. The van der Waals surface area contributed by atoms with Crippen molar-refractivity contribution in [3.05, 3.63) is 28.0 Å². The summed E-state index contributed by atoms with van der Waals surface area (Å²) in [5.41, 5.74) is 5.63. The average Bonchev–Trinajstić information content (AvgIpc) is 2.10. The summed E-state index contributed by atoms with van der Waals surface area (Å²) in [5.74, 6) is 0. The second-order valence-corrected chi connectivity index (χ2v) is 3.35. The summed E-state index contributed by atoms with van der Waals surface area (Å²) < 4.78 is 13.2. The molecule has 0 saturated heterocycles. The van der Waals surface area contributed by atoms with E-state index in [1.807, 2.05) is 0 Å². The van der Waals surface area contributed by atoms with Gasteiger partial charge in [0.05, 0.1) is 5.02 Å². The molecule has 13 heavy (non-hydrogen) atoms. The molecule has 2 nitrogen and oxygen atoms in total.